The minimum atomic E-state index is -0.181. The van der Waals surface area contributed by atoms with Gasteiger partial charge in [-0.15, -0.1) is 0 Å². The molecule has 1 saturated heterocycles. The second-order valence-corrected chi connectivity index (χ2v) is 10.8. The largest absolute Gasteiger partial charge is 0.390 e. The fraction of sp³-hybridized carbons (Fsp3) is 0.414. The summed E-state index contributed by atoms with van der Waals surface area (Å²) in [6, 6.07) is 12.2. The predicted octanol–water partition coefficient (Wildman–Crippen LogP) is 2.79. The lowest BCUT2D eigenvalue weighted by molar-refractivity contribution is 0.186. The quantitative estimate of drug-likeness (QED) is 0.543. The van der Waals surface area contributed by atoms with Crippen LogP contribution in [-0.2, 0) is 26.0 Å². The van der Waals surface area contributed by atoms with E-state index in [1.54, 1.807) is 0 Å². The normalized spacial score (nSPS) is 21.1. The van der Waals surface area contributed by atoms with Gasteiger partial charge in [0, 0.05) is 31.9 Å². The summed E-state index contributed by atoms with van der Waals surface area (Å²) in [6.07, 6.45) is 6.51. The van der Waals surface area contributed by atoms with Crippen LogP contribution in [0.1, 0.15) is 64.8 Å². The third kappa shape index (κ3) is 3.44. The first kappa shape index (κ1) is 23.3. The molecule has 1 aromatic carbocycles. The highest BCUT2D eigenvalue weighted by Crippen LogP contribution is 2.52. The van der Waals surface area contributed by atoms with Crippen LogP contribution in [-0.4, -0.2) is 45.5 Å². The summed E-state index contributed by atoms with van der Waals surface area (Å²) in [7, 11) is 0. The van der Waals surface area contributed by atoms with Crippen molar-refractivity contribution in [1.82, 2.24) is 15.0 Å². The number of aryl methyl sites for hydroxylation is 1. The Morgan fingerprint density at radius 2 is 1.97 bits per heavy atom. The number of hydrogen-bond acceptors (Lipinski definition) is 9. The molecular formula is C29H30N8O. The van der Waals surface area contributed by atoms with Crippen LogP contribution in [0.25, 0.3) is 0 Å². The highest BCUT2D eigenvalue weighted by Gasteiger charge is 2.47. The number of aliphatic hydroxyl groups is 1. The maximum absolute atomic E-state index is 10.3. The molecule has 1 fully saturated rings. The molecule has 3 aliphatic heterocycles. The van der Waals surface area contributed by atoms with Gasteiger partial charge < -0.3 is 20.6 Å². The van der Waals surface area contributed by atoms with Crippen molar-refractivity contribution < 1.29 is 5.11 Å². The number of piperidine rings is 1. The smallest absolute Gasteiger partial charge is 0.156 e. The lowest BCUT2D eigenvalue weighted by Crippen LogP contribution is -2.45. The summed E-state index contributed by atoms with van der Waals surface area (Å²) < 4.78 is 0. The second-order valence-electron chi connectivity index (χ2n) is 10.8. The zero-order valence-corrected chi connectivity index (χ0v) is 21.3. The van der Waals surface area contributed by atoms with E-state index in [0.717, 1.165) is 91.7 Å². The van der Waals surface area contributed by atoms with Crippen LogP contribution >= 0.6 is 0 Å². The lowest BCUT2D eigenvalue weighted by Gasteiger charge is -2.43. The van der Waals surface area contributed by atoms with Gasteiger partial charge in [-0.1, -0.05) is 12.1 Å². The average molecular weight is 507 g/mol. The van der Waals surface area contributed by atoms with Gasteiger partial charge in [0.1, 0.15) is 11.4 Å². The summed E-state index contributed by atoms with van der Waals surface area (Å²) >= 11 is 0. The number of nitrogens with two attached hydrogens (primary N) is 1. The van der Waals surface area contributed by atoms with Gasteiger partial charge in [0.15, 0.2) is 11.7 Å². The average Bonchev–Trinajstić information content (AvgIpc) is 3.50. The van der Waals surface area contributed by atoms with Crippen LogP contribution in [0, 0.1) is 16.7 Å². The summed E-state index contributed by atoms with van der Waals surface area (Å²) in [6.45, 7) is 2.72. The first-order valence-electron chi connectivity index (χ1n) is 13.4. The van der Waals surface area contributed by atoms with E-state index < -0.39 is 0 Å². The first-order valence-corrected chi connectivity index (χ1v) is 13.4. The fourth-order valence-electron chi connectivity index (χ4n) is 6.87. The molecule has 4 aliphatic rings. The molecule has 1 spiro atoms. The molecule has 5 heterocycles. The third-order valence-electron chi connectivity index (χ3n) is 8.86. The lowest BCUT2D eigenvalue weighted by atomic mass is 9.73. The maximum atomic E-state index is 10.3. The van der Waals surface area contributed by atoms with E-state index in [9.17, 15) is 10.4 Å². The third-order valence-corrected chi connectivity index (χ3v) is 8.86. The van der Waals surface area contributed by atoms with Crippen LogP contribution in [0.4, 0.5) is 11.5 Å². The molecule has 3 aromatic rings. The minimum Gasteiger partial charge on any atom is -0.390 e. The molecule has 1 atom stereocenters. The molecule has 0 bridgehead atoms. The van der Waals surface area contributed by atoms with Crippen molar-refractivity contribution >= 4 is 17.3 Å². The SMILES string of the molecule is N#Cc1cccc2c1[C@@H](N)C1(CCN(c3nc4c(nc3CO)C(N3CCCc5ncccc53)=NC4)CC1)C2. The Morgan fingerprint density at radius 1 is 1.11 bits per heavy atom. The van der Waals surface area contributed by atoms with E-state index in [-0.39, 0.29) is 18.1 Å². The van der Waals surface area contributed by atoms with E-state index in [1.165, 1.54) is 5.56 Å². The molecule has 0 amide bonds. The van der Waals surface area contributed by atoms with E-state index in [0.29, 0.717) is 17.8 Å². The molecule has 0 saturated carbocycles. The van der Waals surface area contributed by atoms with Crippen molar-refractivity contribution in [3.8, 4) is 6.07 Å². The maximum Gasteiger partial charge on any atom is 0.156 e. The van der Waals surface area contributed by atoms with Crippen LogP contribution in [0.2, 0.25) is 0 Å². The highest BCUT2D eigenvalue weighted by atomic mass is 16.3. The van der Waals surface area contributed by atoms with Gasteiger partial charge >= 0.3 is 0 Å². The van der Waals surface area contributed by atoms with Crippen molar-refractivity contribution in [2.24, 2.45) is 16.1 Å². The molecule has 38 heavy (non-hydrogen) atoms. The number of nitrogens with zero attached hydrogens (tertiary/aromatic N) is 7. The molecule has 0 radical (unpaired) electrons. The summed E-state index contributed by atoms with van der Waals surface area (Å²) in [5, 5.41) is 19.9. The summed E-state index contributed by atoms with van der Waals surface area (Å²) in [5.74, 6) is 1.57. The summed E-state index contributed by atoms with van der Waals surface area (Å²) in [5.41, 5.74) is 14.0. The standard InChI is InChI=1S/C29H30N8O/c30-15-19-5-1-4-18-14-29(26(31)24(18)19)8-12-36(13-9-29)27-22(17-38)34-25-21(35-27)16-33-28(25)37-11-3-6-20-23(37)7-2-10-32-20/h1-2,4-5,7,10,26,38H,3,6,8-9,11-14,16-17,31H2/t26-/m1/s1. The zero-order valence-electron chi connectivity index (χ0n) is 21.3. The van der Waals surface area contributed by atoms with Gasteiger partial charge in [-0.05, 0) is 66.8 Å². The van der Waals surface area contributed by atoms with Gasteiger partial charge in [0.05, 0.1) is 41.9 Å². The van der Waals surface area contributed by atoms with Crippen molar-refractivity contribution in [3.05, 3.63) is 76.0 Å². The number of aromatic nitrogens is 3. The number of fused-ring (bicyclic) bond motifs is 3. The van der Waals surface area contributed by atoms with E-state index in [2.05, 4.69) is 33.0 Å². The Hall–Kier alpha value is -3.87. The number of anilines is 2. The number of aliphatic imine (C=N–C) groups is 1. The van der Waals surface area contributed by atoms with Crippen LogP contribution in [0.3, 0.4) is 0 Å². The van der Waals surface area contributed by atoms with E-state index >= 15 is 0 Å². The van der Waals surface area contributed by atoms with Crippen LogP contribution < -0.4 is 15.5 Å². The van der Waals surface area contributed by atoms with E-state index in [4.69, 9.17) is 20.7 Å². The number of benzene rings is 1. The zero-order chi connectivity index (χ0) is 25.9. The molecule has 7 rings (SSSR count). The first-order chi connectivity index (χ1) is 18.6. The number of nitriles is 1. The minimum absolute atomic E-state index is 0.0543. The second kappa shape index (κ2) is 8.86. The molecule has 1 aliphatic carbocycles. The molecule has 9 heteroatoms. The van der Waals surface area contributed by atoms with Crippen molar-refractivity contribution in [1.29, 1.82) is 5.26 Å². The Bertz CT molecular complexity index is 1500. The molecule has 192 valence electrons. The molecule has 2 aromatic heterocycles. The van der Waals surface area contributed by atoms with Crippen molar-refractivity contribution in [2.75, 3.05) is 29.4 Å². The van der Waals surface area contributed by atoms with Gasteiger partial charge in [-0.2, -0.15) is 5.26 Å². The molecule has 9 nitrogen and oxygen atoms in total. The van der Waals surface area contributed by atoms with Gasteiger partial charge in [0.25, 0.3) is 0 Å². The Labute approximate surface area is 221 Å². The number of hydrogen-bond donors (Lipinski definition) is 2. The van der Waals surface area contributed by atoms with Crippen molar-refractivity contribution in [2.45, 2.75) is 51.3 Å². The highest BCUT2D eigenvalue weighted by molar-refractivity contribution is 6.11. The number of amidine groups is 1. The number of aliphatic hydroxyl groups excluding tert-OH is 1. The Morgan fingerprint density at radius 3 is 2.79 bits per heavy atom. The van der Waals surface area contributed by atoms with Gasteiger partial charge in [-0.25, -0.2) is 9.97 Å². The van der Waals surface area contributed by atoms with Crippen LogP contribution in [0.15, 0.2) is 41.5 Å². The summed E-state index contributed by atoms with van der Waals surface area (Å²) in [4.78, 5) is 23.8. The van der Waals surface area contributed by atoms with E-state index in [1.807, 2.05) is 24.4 Å². The van der Waals surface area contributed by atoms with Gasteiger partial charge in [-0.3, -0.25) is 9.98 Å². The van der Waals surface area contributed by atoms with Crippen molar-refractivity contribution in [3.63, 3.8) is 0 Å². The van der Waals surface area contributed by atoms with Gasteiger partial charge in [0.2, 0.25) is 0 Å². The molecular weight excluding hydrogens is 476 g/mol. The molecule has 3 N–H and O–H groups in total. The monoisotopic (exact) mass is 506 g/mol. The number of pyridine rings is 1. The Kier molecular flexibility index (Phi) is 5.42. The topological polar surface area (TPSA) is 128 Å². The molecule has 0 unspecified atom stereocenters. The fourth-order valence-corrected chi connectivity index (χ4v) is 6.87. The Balaban J connectivity index is 1.14. The predicted molar refractivity (Wildman–Crippen MR) is 144 cm³/mol. The van der Waals surface area contributed by atoms with Crippen LogP contribution in [0.5, 0.6) is 0 Å². The number of rotatable bonds is 2.